The number of imidazole rings is 1. The molecular weight excluding hydrogens is 238 g/mol. The zero-order valence-electron chi connectivity index (χ0n) is 12.1. The summed E-state index contributed by atoms with van der Waals surface area (Å²) in [6, 6.07) is 4.08. The number of hydrogen-bond donors (Lipinski definition) is 0. The van der Waals surface area contributed by atoms with Gasteiger partial charge in [-0.15, -0.1) is 0 Å². The highest BCUT2D eigenvalue weighted by atomic mass is 16.5. The molecule has 1 atom stereocenters. The van der Waals surface area contributed by atoms with E-state index in [1.807, 2.05) is 13.0 Å². The number of aryl methyl sites for hydroxylation is 1. The van der Waals surface area contributed by atoms with E-state index in [1.54, 1.807) is 0 Å². The van der Waals surface area contributed by atoms with E-state index >= 15 is 0 Å². The van der Waals surface area contributed by atoms with E-state index < -0.39 is 0 Å². The first-order chi connectivity index (χ1) is 8.95. The van der Waals surface area contributed by atoms with Gasteiger partial charge in [0.2, 0.25) is 0 Å². The van der Waals surface area contributed by atoms with Crippen LogP contribution in [0.2, 0.25) is 0 Å². The summed E-state index contributed by atoms with van der Waals surface area (Å²) >= 11 is 0. The molecule has 0 N–H and O–H groups in total. The topological polar surface area (TPSA) is 39.9 Å². The van der Waals surface area contributed by atoms with Crippen molar-refractivity contribution >= 4 is 11.2 Å². The van der Waals surface area contributed by atoms with E-state index in [9.17, 15) is 0 Å². The Kier molecular flexibility index (Phi) is 2.86. The van der Waals surface area contributed by atoms with Crippen molar-refractivity contribution in [3.63, 3.8) is 0 Å². The van der Waals surface area contributed by atoms with Gasteiger partial charge in [0.25, 0.3) is 0 Å². The minimum Gasteiger partial charge on any atom is -0.376 e. The van der Waals surface area contributed by atoms with Crippen LogP contribution in [0.3, 0.4) is 0 Å². The highest BCUT2D eigenvalue weighted by molar-refractivity contribution is 5.72. The lowest BCUT2D eigenvalue weighted by Gasteiger charge is -2.29. The molecule has 2 aromatic rings. The zero-order valence-corrected chi connectivity index (χ0v) is 12.1. The molecule has 0 radical (unpaired) electrons. The average Bonchev–Trinajstić information content (AvgIpc) is 2.61. The molecule has 1 fully saturated rings. The largest absolute Gasteiger partial charge is 0.376 e. The van der Waals surface area contributed by atoms with Gasteiger partial charge in [0.15, 0.2) is 5.65 Å². The van der Waals surface area contributed by atoms with Gasteiger partial charge in [0.1, 0.15) is 11.3 Å². The molecule has 19 heavy (non-hydrogen) atoms. The van der Waals surface area contributed by atoms with Crippen LogP contribution in [0.5, 0.6) is 0 Å². The van der Waals surface area contributed by atoms with E-state index in [0.29, 0.717) is 6.10 Å². The van der Waals surface area contributed by atoms with Gasteiger partial charge >= 0.3 is 0 Å². The van der Waals surface area contributed by atoms with Gasteiger partial charge in [0.05, 0.1) is 12.6 Å². The third-order valence-electron chi connectivity index (χ3n) is 3.58. The van der Waals surface area contributed by atoms with Crippen molar-refractivity contribution in [1.29, 1.82) is 0 Å². The minimum atomic E-state index is 0.0123. The molecular formula is C15H21N3O. The Balaban J connectivity index is 2.14. The second kappa shape index (κ2) is 4.30. The maximum absolute atomic E-state index is 5.57. The standard InChI is InChI=1S/C15H21N3O/c1-10-5-6-12-13(16-10)18(9-11-7-8-19-11)14(17-12)15(2,3)4/h5-6,11H,7-9H2,1-4H3/t11-/m0/s1. The van der Waals surface area contributed by atoms with E-state index in [1.165, 1.54) is 0 Å². The average molecular weight is 259 g/mol. The van der Waals surface area contributed by atoms with E-state index in [4.69, 9.17) is 9.72 Å². The maximum atomic E-state index is 5.57. The van der Waals surface area contributed by atoms with E-state index in [0.717, 1.165) is 42.3 Å². The van der Waals surface area contributed by atoms with Crippen LogP contribution in [0.15, 0.2) is 12.1 Å². The van der Waals surface area contributed by atoms with Crippen molar-refractivity contribution in [2.45, 2.75) is 52.2 Å². The molecule has 1 aliphatic heterocycles. The molecule has 0 amide bonds. The van der Waals surface area contributed by atoms with Crippen molar-refractivity contribution in [3.8, 4) is 0 Å². The Hall–Kier alpha value is -1.42. The van der Waals surface area contributed by atoms with Crippen LogP contribution >= 0.6 is 0 Å². The molecule has 1 aliphatic rings. The predicted molar refractivity (Wildman–Crippen MR) is 75.3 cm³/mol. The quantitative estimate of drug-likeness (QED) is 0.832. The fourth-order valence-corrected chi connectivity index (χ4v) is 2.47. The summed E-state index contributed by atoms with van der Waals surface area (Å²) in [5.41, 5.74) is 3.01. The predicted octanol–water partition coefficient (Wildman–Crippen LogP) is 2.83. The molecule has 4 nitrogen and oxygen atoms in total. The first-order valence-electron chi connectivity index (χ1n) is 6.91. The number of fused-ring (bicyclic) bond motifs is 1. The molecule has 1 saturated heterocycles. The Morgan fingerprint density at radius 1 is 1.32 bits per heavy atom. The first kappa shape index (κ1) is 12.6. The van der Waals surface area contributed by atoms with Crippen LogP contribution in [0.4, 0.5) is 0 Å². The number of aromatic nitrogens is 3. The second-order valence-corrected chi connectivity index (χ2v) is 6.37. The minimum absolute atomic E-state index is 0.0123. The summed E-state index contributed by atoms with van der Waals surface area (Å²) in [5.74, 6) is 1.09. The lowest BCUT2D eigenvalue weighted by molar-refractivity contribution is -0.0593. The van der Waals surface area contributed by atoms with Crippen molar-refractivity contribution in [1.82, 2.24) is 14.5 Å². The Morgan fingerprint density at radius 3 is 2.63 bits per heavy atom. The molecule has 2 aromatic heterocycles. The van der Waals surface area contributed by atoms with Crippen molar-refractivity contribution in [3.05, 3.63) is 23.7 Å². The number of ether oxygens (including phenoxy) is 1. The Bertz CT molecular complexity index is 606. The van der Waals surface area contributed by atoms with E-state index in [2.05, 4.69) is 36.4 Å². The van der Waals surface area contributed by atoms with Crippen LogP contribution in [-0.2, 0) is 16.7 Å². The smallest absolute Gasteiger partial charge is 0.160 e. The molecule has 4 heteroatoms. The van der Waals surface area contributed by atoms with Gasteiger partial charge in [-0.3, -0.25) is 0 Å². The summed E-state index contributed by atoms with van der Waals surface area (Å²) in [7, 11) is 0. The molecule has 0 aliphatic carbocycles. The fraction of sp³-hybridized carbons (Fsp3) is 0.600. The summed E-state index contributed by atoms with van der Waals surface area (Å²) in [6.45, 7) is 10.3. The van der Waals surface area contributed by atoms with Crippen LogP contribution in [0, 0.1) is 6.92 Å². The molecule has 0 spiro atoms. The normalized spacial score (nSPS) is 19.7. The molecule has 0 aromatic carbocycles. The summed E-state index contributed by atoms with van der Waals surface area (Å²) in [5, 5.41) is 0. The first-order valence-corrected chi connectivity index (χ1v) is 6.91. The van der Waals surface area contributed by atoms with Crippen molar-refractivity contribution in [2.75, 3.05) is 6.61 Å². The second-order valence-electron chi connectivity index (χ2n) is 6.37. The van der Waals surface area contributed by atoms with Crippen LogP contribution in [0.1, 0.15) is 38.7 Å². The Morgan fingerprint density at radius 2 is 2.05 bits per heavy atom. The van der Waals surface area contributed by atoms with Gasteiger partial charge in [-0.1, -0.05) is 20.8 Å². The maximum Gasteiger partial charge on any atom is 0.160 e. The Labute approximate surface area is 113 Å². The highest BCUT2D eigenvalue weighted by Crippen LogP contribution is 2.27. The number of nitrogens with zero attached hydrogens (tertiary/aromatic N) is 3. The molecule has 0 bridgehead atoms. The SMILES string of the molecule is Cc1ccc2nc(C(C)(C)C)n(C[C@@H]3CCO3)c2n1. The van der Waals surface area contributed by atoms with E-state index in [-0.39, 0.29) is 5.41 Å². The molecule has 102 valence electrons. The lowest BCUT2D eigenvalue weighted by Crippen LogP contribution is -2.33. The molecule has 3 heterocycles. The van der Waals surface area contributed by atoms with Crippen molar-refractivity contribution in [2.24, 2.45) is 0 Å². The van der Waals surface area contributed by atoms with Gasteiger partial charge < -0.3 is 9.30 Å². The number of hydrogen-bond acceptors (Lipinski definition) is 3. The number of rotatable bonds is 2. The van der Waals surface area contributed by atoms with Crippen LogP contribution in [-0.4, -0.2) is 27.2 Å². The van der Waals surface area contributed by atoms with Gasteiger partial charge in [-0.25, -0.2) is 9.97 Å². The molecule has 0 saturated carbocycles. The third kappa shape index (κ3) is 2.25. The highest BCUT2D eigenvalue weighted by Gasteiger charge is 2.27. The molecule has 3 rings (SSSR count). The molecule has 0 unspecified atom stereocenters. The third-order valence-corrected chi connectivity index (χ3v) is 3.58. The van der Waals surface area contributed by atoms with Gasteiger partial charge in [0, 0.05) is 17.7 Å². The van der Waals surface area contributed by atoms with Gasteiger partial charge in [-0.2, -0.15) is 0 Å². The van der Waals surface area contributed by atoms with Crippen LogP contribution < -0.4 is 0 Å². The van der Waals surface area contributed by atoms with Crippen molar-refractivity contribution < 1.29 is 4.74 Å². The zero-order chi connectivity index (χ0) is 13.6. The number of pyridine rings is 1. The lowest BCUT2D eigenvalue weighted by atomic mass is 9.95. The van der Waals surface area contributed by atoms with Crippen LogP contribution in [0.25, 0.3) is 11.2 Å². The summed E-state index contributed by atoms with van der Waals surface area (Å²) < 4.78 is 7.82. The summed E-state index contributed by atoms with van der Waals surface area (Å²) in [6.07, 6.45) is 1.45. The summed E-state index contributed by atoms with van der Waals surface area (Å²) in [4.78, 5) is 9.45. The fourth-order valence-electron chi connectivity index (χ4n) is 2.47. The monoisotopic (exact) mass is 259 g/mol. The van der Waals surface area contributed by atoms with Gasteiger partial charge in [-0.05, 0) is 25.5 Å².